The minimum Gasteiger partial charge on any atom is -0.399 e. The molecule has 1 saturated carbocycles. The number of nitrogen functional groups attached to an aromatic ring is 1. The number of anilines is 4. The minimum atomic E-state index is -0.357. The van der Waals surface area contributed by atoms with Crippen LogP contribution in [0.25, 0.3) is 11.3 Å². The molecule has 3 aromatic carbocycles. The average molecular weight is 565 g/mol. The van der Waals surface area contributed by atoms with E-state index in [0.29, 0.717) is 33.9 Å². The summed E-state index contributed by atoms with van der Waals surface area (Å²) >= 11 is 0. The van der Waals surface area contributed by atoms with Gasteiger partial charge in [0.15, 0.2) is 5.82 Å². The molecule has 9 nitrogen and oxygen atoms in total. The molecule has 1 fully saturated rings. The summed E-state index contributed by atoms with van der Waals surface area (Å²) in [5, 5.41) is 9.04. The Morgan fingerprint density at radius 3 is 2.36 bits per heavy atom. The monoisotopic (exact) mass is 564 g/mol. The summed E-state index contributed by atoms with van der Waals surface area (Å²) in [6, 6.07) is 18.3. The number of benzene rings is 3. The summed E-state index contributed by atoms with van der Waals surface area (Å²) < 4.78 is 1.44. The molecule has 216 valence electrons. The third-order valence-electron chi connectivity index (χ3n) is 7.40. The quantitative estimate of drug-likeness (QED) is 0.219. The van der Waals surface area contributed by atoms with Gasteiger partial charge in [0.1, 0.15) is 0 Å². The predicted octanol–water partition coefficient (Wildman–Crippen LogP) is 5.52. The molecule has 1 aliphatic rings. The fraction of sp³-hybridized carbons (Fsp3) is 0.273. The van der Waals surface area contributed by atoms with Crippen LogP contribution in [0.5, 0.6) is 0 Å². The maximum atomic E-state index is 13.1. The van der Waals surface area contributed by atoms with Gasteiger partial charge in [-0.05, 0) is 72.7 Å². The highest BCUT2D eigenvalue weighted by Gasteiger charge is 2.25. The maximum absolute atomic E-state index is 13.1. The number of rotatable bonds is 7. The standard InChI is InChI=1S/C33H36N6O3/c1-19-24(7-6-8-26(19)38-30(40)20-9-11-21(12-10-20)33(2,3)4)28-18-39(5)32(42)29(37-28)36-27-16-13-22(34)17-25(27)31(41)35-23-14-15-23/h6-13,16-18,23H,14-15,34H2,1-5H3,(H,35,41)(H,36,37)(H,38,40). The summed E-state index contributed by atoms with van der Waals surface area (Å²) in [4.78, 5) is 43.7. The van der Waals surface area contributed by atoms with E-state index in [1.165, 1.54) is 4.57 Å². The second-order valence-electron chi connectivity index (χ2n) is 11.8. The number of hydrogen-bond acceptors (Lipinski definition) is 6. The van der Waals surface area contributed by atoms with Crippen LogP contribution in [0.3, 0.4) is 0 Å². The Kier molecular flexibility index (Phi) is 7.60. The lowest BCUT2D eigenvalue weighted by Crippen LogP contribution is -2.27. The van der Waals surface area contributed by atoms with Crippen LogP contribution >= 0.6 is 0 Å². The number of aryl methyl sites for hydroxylation is 1. The first-order valence-corrected chi connectivity index (χ1v) is 14.0. The summed E-state index contributed by atoms with van der Waals surface area (Å²) in [5.41, 5.74) is 11.2. The molecule has 2 amide bonds. The number of nitrogens with one attached hydrogen (secondary N) is 3. The van der Waals surface area contributed by atoms with Crippen LogP contribution in [0.4, 0.5) is 22.9 Å². The van der Waals surface area contributed by atoms with Gasteiger partial charge in [-0.1, -0.05) is 45.0 Å². The van der Waals surface area contributed by atoms with E-state index in [2.05, 4.69) is 41.7 Å². The van der Waals surface area contributed by atoms with E-state index >= 15 is 0 Å². The average Bonchev–Trinajstić information content (AvgIpc) is 3.76. The highest BCUT2D eigenvalue weighted by atomic mass is 16.2. The first-order chi connectivity index (χ1) is 19.9. The molecule has 1 heterocycles. The van der Waals surface area contributed by atoms with Crippen molar-refractivity contribution in [3.8, 4) is 11.3 Å². The normalized spacial score (nSPS) is 13.0. The first-order valence-electron chi connectivity index (χ1n) is 14.0. The smallest absolute Gasteiger partial charge is 0.293 e. The van der Waals surface area contributed by atoms with E-state index in [-0.39, 0.29) is 34.6 Å². The van der Waals surface area contributed by atoms with Crippen LogP contribution in [0.15, 0.2) is 71.7 Å². The number of amides is 2. The van der Waals surface area contributed by atoms with Crippen molar-refractivity contribution in [1.29, 1.82) is 0 Å². The van der Waals surface area contributed by atoms with E-state index in [1.54, 1.807) is 31.4 Å². The molecule has 0 atom stereocenters. The van der Waals surface area contributed by atoms with Crippen molar-refractivity contribution in [3.63, 3.8) is 0 Å². The zero-order chi connectivity index (χ0) is 30.2. The van der Waals surface area contributed by atoms with Gasteiger partial charge in [0.25, 0.3) is 17.4 Å². The van der Waals surface area contributed by atoms with Crippen LogP contribution in [-0.2, 0) is 12.5 Å². The molecule has 0 radical (unpaired) electrons. The van der Waals surface area contributed by atoms with Crippen LogP contribution in [0, 0.1) is 6.92 Å². The summed E-state index contributed by atoms with van der Waals surface area (Å²) in [6.07, 6.45) is 3.54. The Morgan fingerprint density at radius 2 is 1.69 bits per heavy atom. The predicted molar refractivity (Wildman–Crippen MR) is 167 cm³/mol. The highest BCUT2D eigenvalue weighted by Crippen LogP contribution is 2.30. The Balaban J connectivity index is 1.43. The van der Waals surface area contributed by atoms with Crippen molar-refractivity contribution in [2.45, 2.75) is 52.0 Å². The van der Waals surface area contributed by atoms with E-state index in [9.17, 15) is 14.4 Å². The van der Waals surface area contributed by atoms with Crippen molar-refractivity contribution in [2.75, 3.05) is 16.4 Å². The Hall–Kier alpha value is -4.92. The van der Waals surface area contributed by atoms with Crippen LogP contribution in [0.1, 0.15) is 65.5 Å². The van der Waals surface area contributed by atoms with Gasteiger partial charge < -0.3 is 26.3 Å². The number of nitrogens with two attached hydrogens (primary N) is 1. The second-order valence-corrected chi connectivity index (χ2v) is 11.8. The lowest BCUT2D eigenvalue weighted by Gasteiger charge is -2.19. The zero-order valence-corrected chi connectivity index (χ0v) is 24.5. The Bertz CT molecular complexity index is 1730. The van der Waals surface area contributed by atoms with E-state index in [1.807, 2.05) is 49.4 Å². The highest BCUT2D eigenvalue weighted by molar-refractivity contribution is 6.05. The van der Waals surface area contributed by atoms with Gasteiger partial charge >= 0.3 is 0 Å². The van der Waals surface area contributed by atoms with Gasteiger partial charge in [-0.3, -0.25) is 14.4 Å². The van der Waals surface area contributed by atoms with Crippen LogP contribution in [-0.4, -0.2) is 27.4 Å². The molecule has 5 rings (SSSR count). The molecule has 0 aliphatic heterocycles. The summed E-state index contributed by atoms with van der Waals surface area (Å²) in [7, 11) is 1.64. The van der Waals surface area contributed by atoms with Crippen molar-refractivity contribution in [2.24, 2.45) is 7.05 Å². The Morgan fingerprint density at radius 1 is 0.976 bits per heavy atom. The molecule has 0 spiro atoms. The lowest BCUT2D eigenvalue weighted by atomic mass is 9.86. The molecule has 0 bridgehead atoms. The third-order valence-corrected chi connectivity index (χ3v) is 7.40. The minimum absolute atomic E-state index is 0.00508. The molecule has 5 N–H and O–H groups in total. The van der Waals surface area contributed by atoms with Gasteiger partial charge in [-0.2, -0.15) is 0 Å². The molecule has 1 aliphatic carbocycles. The zero-order valence-electron chi connectivity index (χ0n) is 24.5. The molecule has 0 saturated heterocycles. The number of nitrogens with zero attached hydrogens (tertiary/aromatic N) is 2. The van der Waals surface area contributed by atoms with Crippen molar-refractivity contribution in [1.82, 2.24) is 14.9 Å². The summed E-state index contributed by atoms with van der Waals surface area (Å²) in [5.74, 6) is -0.410. The van der Waals surface area contributed by atoms with Crippen molar-refractivity contribution >= 4 is 34.7 Å². The van der Waals surface area contributed by atoms with Gasteiger partial charge in [0.2, 0.25) is 0 Å². The number of hydrogen-bond donors (Lipinski definition) is 4. The molecule has 0 unspecified atom stereocenters. The topological polar surface area (TPSA) is 131 Å². The largest absolute Gasteiger partial charge is 0.399 e. The molecule has 4 aromatic rings. The van der Waals surface area contributed by atoms with Gasteiger partial charge in [0, 0.05) is 41.8 Å². The summed E-state index contributed by atoms with van der Waals surface area (Å²) in [6.45, 7) is 8.29. The third kappa shape index (κ3) is 6.20. The maximum Gasteiger partial charge on any atom is 0.293 e. The van der Waals surface area contributed by atoms with Crippen molar-refractivity contribution in [3.05, 3.63) is 99.5 Å². The van der Waals surface area contributed by atoms with E-state index in [0.717, 1.165) is 29.5 Å². The molecule has 9 heteroatoms. The molecule has 42 heavy (non-hydrogen) atoms. The van der Waals surface area contributed by atoms with Gasteiger partial charge in [-0.15, -0.1) is 0 Å². The van der Waals surface area contributed by atoms with Crippen LogP contribution < -0.4 is 27.2 Å². The molecular weight excluding hydrogens is 528 g/mol. The fourth-order valence-corrected chi connectivity index (χ4v) is 4.66. The molecule has 1 aromatic heterocycles. The van der Waals surface area contributed by atoms with E-state index < -0.39 is 0 Å². The first kappa shape index (κ1) is 28.6. The lowest BCUT2D eigenvalue weighted by molar-refractivity contribution is 0.0951. The Labute approximate surface area is 245 Å². The fourth-order valence-electron chi connectivity index (χ4n) is 4.66. The van der Waals surface area contributed by atoms with Gasteiger partial charge in [-0.25, -0.2) is 4.98 Å². The van der Waals surface area contributed by atoms with E-state index in [4.69, 9.17) is 5.73 Å². The van der Waals surface area contributed by atoms with Crippen LogP contribution in [0.2, 0.25) is 0 Å². The molecular formula is C33H36N6O3. The van der Waals surface area contributed by atoms with Gasteiger partial charge in [0.05, 0.1) is 16.9 Å². The number of carbonyl (C=O) groups is 2. The van der Waals surface area contributed by atoms with Crippen molar-refractivity contribution < 1.29 is 9.59 Å². The number of carbonyl (C=O) groups excluding carboxylic acids is 2. The number of aromatic nitrogens is 2. The second kappa shape index (κ2) is 11.2. The SMILES string of the molecule is Cc1c(NC(=O)c2ccc(C(C)(C)C)cc2)cccc1-c1cn(C)c(=O)c(Nc2ccc(N)cc2C(=O)NC2CC2)n1.